The van der Waals surface area contributed by atoms with Gasteiger partial charge in [0.05, 0.1) is 6.42 Å². The highest BCUT2D eigenvalue weighted by atomic mass is 16.4. The van der Waals surface area contributed by atoms with E-state index in [4.69, 9.17) is 28.0 Å². The van der Waals surface area contributed by atoms with Crippen LogP contribution in [0.25, 0.3) is 0 Å². The highest BCUT2D eigenvalue weighted by Gasteiger charge is 2.18. The highest BCUT2D eigenvalue weighted by Crippen LogP contribution is 2.08. The van der Waals surface area contributed by atoms with Gasteiger partial charge in [-0.25, -0.2) is 0 Å². The number of hydrogen-bond acceptors (Lipinski definition) is 5. The summed E-state index contributed by atoms with van der Waals surface area (Å²) >= 11 is 0. The smallest absolute Gasteiger partial charge is 0.307 e. The van der Waals surface area contributed by atoms with E-state index in [0.717, 1.165) is 57.8 Å². The fourth-order valence-electron chi connectivity index (χ4n) is 3.29. The van der Waals surface area contributed by atoms with Gasteiger partial charge in [0, 0.05) is 25.9 Å². The summed E-state index contributed by atoms with van der Waals surface area (Å²) in [4.78, 5) is 43.2. The molecule has 0 aromatic rings. The van der Waals surface area contributed by atoms with E-state index in [1.807, 2.05) is 0 Å². The molecule has 1 atom stereocenters. The lowest BCUT2D eigenvalue weighted by molar-refractivity contribution is -0.138. The van der Waals surface area contributed by atoms with Crippen molar-refractivity contribution < 1.29 is 19.5 Å². The molecule has 196 valence electrons. The first-order valence-electron chi connectivity index (χ1n) is 12.1. The van der Waals surface area contributed by atoms with Gasteiger partial charge in [-0.1, -0.05) is 44.9 Å². The Hall–Kier alpha value is -3.05. The van der Waals surface area contributed by atoms with Crippen LogP contribution in [0.4, 0.5) is 0 Å². The van der Waals surface area contributed by atoms with Gasteiger partial charge in [0.25, 0.3) is 0 Å². The monoisotopic (exact) mass is 484 g/mol. The van der Waals surface area contributed by atoms with E-state index in [9.17, 15) is 14.4 Å². The van der Waals surface area contributed by atoms with E-state index >= 15 is 0 Å². The fourth-order valence-corrected chi connectivity index (χ4v) is 3.29. The number of aliphatic imine (C=N–C) groups is 2. The molecule has 11 N–H and O–H groups in total. The van der Waals surface area contributed by atoms with Crippen LogP contribution in [-0.4, -0.2) is 54.1 Å². The third-order valence-electron chi connectivity index (χ3n) is 5.01. The molecule has 0 aromatic carbocycles. The summed E-state index contributed by atoms with van der Waals surface area (Å²) in [6.45, 7) is 1.22. The number of amides is 2. The van der Waals surface area contributed by atoms with Gasteiger partial charge in [-0.05, 0) is 25.7 Å². The molecular weight excluding hydrogens is 440 g/mol. The molecule has 0 aliphatic heterocycles. The normalized spacial score (nSPS) is 11.3. The van der Waals surface area contributed by atoms with E-state index in [1.54, 1.807) is 0 Å². The molecule has 1 unspecified atom stereocenters. The van der Waals surface area contributed by atoms with Crippen LogP contribution in [0.1, 0.15) is 89.9 Å². The molecule has 0 spiro atoms. The summed E-state index contributed by atoms with van der Waals surface area (Å²) in [5, 5.41) is 14.3. The van der Waals surface area contributed by atoms with Crippen LogP contribution in [0.5, 0.6) is 0 Å². The molecule has 34 heavy (non-hydrogen) atoms. The van der Waals surface area contributed by atoms with Crippen molar-refractivity contribution >= 4 is 29.7 Å². The van der Waals surface area contributed by atoms with Gasteiger partial charge in [-0.15, -0.1) is 0 Å². The Kier molecular flexibility index (Phi) is 18.7. The summed E-state index contributed by atoms with van der Waals surface area (Å²) in [5.41, 5.74) is 21.1. The van der Waals surface area contributed by atoms with E-state index in [2.05, 4.69) is 20.6 Å². The highest BCUT2D eigenvalue weighted by molar-refractivity contribution is 5.80. The molecule has 0 bridgehead atoms. The predicted molar refractivity (Wildman–Crippen MR) is 134 cm³/mol. The minimum absolute atomic E-state index is 0.0898. The average Bonchev–Trinajstić information content (AvgIpc) is 2.73. The Labute approximate surface area is 202 Å². The third kappa shape index (κ3) is 22.2. The van der Waals surface area contributed by atoms with Crippen LogP contribution in [-0.2, 0) is 14.4 Å². The maximum Gasteiger partial charge on any atom is 0.307 e. The molecule has 0 saturated carbocycles. The standard InChI is InChI=1S/C22H44N8O4/c23-21(24)27-14-10-6-2-1-4-8-12-18(31)29-17(16-20(33)34)30-19(32)13-9-5-3-7-11-15-28-22(25)26/h17H,1-16H2,(H,29,31)(H,30,32)(H,33,34)(H4,23,24,27)(H4,25,26,28). The van der Waals surface area contributed by atoms with Crippen molar-refractivity contribution in [2.24, 2.45) is 32.9 Å². The number of nitrogens with one attached hydrogen (secondary N) is 2. The largest absolute Gasteiger partial charge is 0.481 e. The first-order chi connectivity index (χ1) is 16.2. The molecule has 0 aromatic heterocycles. The SMILES string of the molecule is NC(N)=NCCCCCCCCC(=O)NC(CC(=O)O)NC(=O)CCCCCCCN=C(N)N. The van der Waals surface area contributed by atoms with Gasteiger partial charge in [0.2, 0.25) is 11.8 Å². The van der Waals surface area contributed by atoms with Crippen LogP contribution in [0.2, 0.25) is 0 Å². The lowest BCUT2D eigenvalue weighted by atomic mass is 10.1. The maximum atomic E-state index is 12.2. The Balaban J connectivity index is 3.99. The Bertz CT molecular complexity index is 647. The van der Waals surface area contributed by atoms with Crippen LogP contribution >= 0.6 is 0 Å². The Morgan fingerprint density at radius 2 is 0.971 bits per heavy atom. The zero-order valence-electron chi connectivity index (χ0n) is 20.3. The molecule has 2 amide bonds. The van der Waals surface area contributed by atoms with E-state index in [0.29, 0.717) is 32.4 Å². The first kappa shape index (κ1) is 30.9. The Morgan fingerprint density at radius 3 is 1.32 bits per heavy atom. The van der Waals surface area contributed by atoms with Crippen molar-refractivity contribution in [1.29, 1.82) is 0 Å². The number of carbonyl (C=O) groups excluding carboxylic acids is 2. The number of guanidine groups is 2. The number of carboxylic acid groups (broad SMARTS) is 1. The number of rotatable bonds is 21. The number of nitrogens with two attached hydrogens (primary N) is 4. The van der Waals surface area contributed by atoms with Crippen molar-refractivity contribution in [3.63, 3.8) is 0 Å². The van der Waals surface area contributed by atoms with Gasteiger partial charge >= 0.3 is 5.97 Å². The van der Waals surface area contributed by atoms with Gasteiger partial charge in [0.15, 0.2) is 11.9 Å². The summed E-state index contributed by atoms with van der Waals surface area (Å²) in [7, 11) is 0. The van der Waals surface area contributed by atoms with E-state index < -0.39 is 12.1 Å². The minimum atomic E-state index is -1.09. The Morgan fingerprint density at radius 1 is 0.618 bits per heavy atom. The van der Waals surface area contributed by atoms with Gasteiger partial charge < -0.3 is 38.7 Å². The molecule has 12 nitrogen and oxygen atoms in total. The minimum Gasteiger partial charge on any atom is -0.481 e. The number of nitrogens with zero attached hydrogens (tertiary/aromatic N) is 2. The predicted octanol–water partition coefficient (Wildman–Crippen LogP) is 0.638. The summed E-state index contributed by atoms with van der Waals surface area (Å²) in [6.07, 6.45) is 9.26. The van der Waals surface area contributed by atoms with Crippen LogP contribution in [0, 0.1) is 0 Å². The fraction of sp³-hybridized carbons (Fsp3) is 0.773. The third-order valence-corrected chi connectivity index (χ3v) is 5.01. The molecule has 0 aliphatic rings. The van der Waals surface area contributed by atoms with Crippen molar-refractivity contribution in [3.05, 3.63) is 0 Å². The average molecular weight is 485 g/mol. The number of carbonyl (C=O) groups is 3. The van der Waals surface area contributed by atoms with Crippen LogP contribution in [0.3, 0.4) is 0 Å². The zero-order valence-corrected chi connectivity index (χ0v) is 20.3. The first-order valence-corrected chi connectivity index (χ1v) is 12.1. The number of aliphatic carboxylic acids is 1. The molecule has 0 fully saturated rings. The number of hydrogen-bond donors (Lipinski definition) is 7. The van der Waals surface area contributed by atoms with Gasteiger partial charge in [-0.2, -0.15) is 0 Å². The lowest BCUT2D eigenvalue weighted by Crippen LogP contribution is -2.49. The number of carboxylic acids is 1. The van der Waals surface area contributed by atoms with E-state index in [1.165, 1.54) is 0 Å². The second-order valence-electron chi connectivity index (χ2n) is 8.29. The maximum absolute atomic E-state index is 12.2. The van der Waals surface area contributed by atoms with Gasteiger partial charge in [-0.3, -0.25) is 24.4 Å². The van der Waals surface area contributed by atoms with Crippen LogP contribution in [0.15, 0.2) is 9.98 Å². The van der Waals surface area contributed by atoms with Crippen LogP contribution < -0.4 is 33.6 Å². The molecule has 0 heterocycles. The number of unbranched alkanes of at least 4 members (excludes halogenated alkanes) is 9. The quantitative estimate of drug-likeness (QED) is 0.0528. The lowest BCUT2D eigenvalue weighted by Gasteiger charge is -2.18. The van der Waals surface area contributed by atoms with Crippen molar-refractivity contribution in [2.45, 2.75) is 96.1 Å². The molecule has 0 aliphatic carbocycles. The van der Waals surface area contributed by atoms with E-state index in [-0.39, 0.29) is 36.6 Å². The molecule has 0 radical (unpaired) electrons. The topological polar surface area (TPSA) is 224 Å². The second-order valence-corrected chi connectivity index (χ2v) is 8.29. The summed E-state index contributed by atoms with van der Waals surface area (Å²) in [5.74, 6) is -1.43. The van der Waals surface area contributed by atoms with Crippen molar-refractivity contribution in [2.75, 3.05) is 13.1 Å². The molecular formula is C22H44N8O4. The summed E-state index contributed by atoms with van der Waals surface area (Å²) in [6, 6.07) is 0. The molecule has 12 heteroatoms. The van der Waals surface area contributed by atoms with Crippen molar-refractivity contribution in [3.8, 4) is 0 Å². The second kappa shape index (κ2) is 20.5. The summed E-state index contributed by atoms with van der Waals surface area (Å²) < 4.78 is 0. The van der Waals surface area contributed by atoms with Crippen molar-refractivity contribution in [1.82, 2.24) is 10.6 Å². The molecule has 0 rings (SSSR count). The zero-order chi connectivity index (χ0) is 25.6. The molecule has 0 saturated heterocycles. The van der Waals surface area contributed by atoms with Gasteiger partial charge in [0.1, 0.15) is 6.17 Å².